The summed E-state index contributed by atoms with van der Waals surface area (Å²) >= 11 is 0. The van der Waals surface area contributed by atoms with Crippen molar-refractivity contribution in [2.75, 3.05) is 0 Å². The highest BCUT2D eigenvalue weighted by molar-refractivity contribution is 6.09. The summed E-state index contributed by atoms with van der Waals surface area (Å²) in [5.74, 6) is -0.805. The molecule has 0 aliphatic carbocycles. The van der Waals surface area contributed by atoms with Crippen LogP contribution in [0.5, 0.6) is 0 Å². The van der Waals surface area contributed by atoms with Gasteiger partial charge in [-0.2, -0.15) is 0 Å². The fraction of sp³-hybridized carbons (Fsp3) is 0.643. The number of carbonyl (C=O) groups excluding carboxylic acids is 2. The van der Waals surface area contributed by atoms with Crippen molar-refractivity contribution in [2.45, 2.75) is 54.4 Å². The molecule has 0 aromatic rings. The van der Waals surface area contributed by atoms with E-state index in [1.54, 1.807) is 6.20 Å². The first kappa shape index (κ1) is 19.7. The van der Waals surface area contributed by atoms with Gasteiger partial charge in [-0.3, -0.25) is 14.9 Å². The van der Waals surface area contributed by atoms with Gasteiger partial charge in [0.05, 0.1) is 5.92 Å². The van der Waals surface area contributed by atoms with Gasteiger partial charge in [0.15, 0.2) is 0 Å². The third kappa shape index (κ3) is 8.13. The van der Waals surface area contributed by atoms with Gasteiger partial charge in [-0.25, -0.2) is 4.99 Å². The molecule has 2 amide bonds. The number of hydrogen-bond donors (Lipinski definition) is 2. The number of imide groups is 1. The van der Waals surface area contributed by atoms with Crippen LogP contribution in [0, 0.1) is 5.92 Å². The zero-order valence-electron chi connectivity index (χ0n) is 12.9. The predicted molar refractivity (Wildman–Crippen MR) is 79.6 cm³/mol. The monoisotopic (exact) mass is 269 g/mol. The van der Waals surface area contributed by atoms with E-state index in [-0.39, 0.29) is 17.6 Å². The molecule has 5 nitrogen and oxygen atoms in total. The highest BCUT2D eigenvalue weighted by Gasteiger charge is 2.29. The van der Waals surface area contributed by atoms with Crippen LogP contribution in [0.2, 0.25) is 0 Å². The number of rotatable bonds is 2. The molecule has 0 bridgehead atoms. The SMILES string of the molecule is CC.CC.CC(C)=CN=C(N)C1CCC(=O)NC1=O. The summed E-state index contributed by atoms with van der Waals surface area (Å²) in [6, 6.07) is 0. The molecule has 0 aromatic carbocycles. The lowest BCUT2D eigenvalue weighted by atomic mass is 9.97. The maximum Gasteiger partial charge on any atom is 0.237 e. The molecule has 19 heavy (non-hydrogen) atoms. The van der Waals surface area contributed by atoms with Crippen molar-refractivity contribution in [3.05, 3.63) is 11.8 Å². The van der Waals surface area contributed by atoms with Gasteiger partial charge in [0.25, 0.3) is 0 Å². The normalized spacial score (nSPS) is 18.2. The smallest absolute Gasteiger partial charge is 0.237 e. The van der Waals surface area contributed by atoms with E-state index >= 15 is 0 Å². The summed E-state index contributed by atoms with van der Waals surface area (Å²) < 4.78 is 0. The molecule has 1 heterocycles. The molecule has 1 atom stereocenters. The molecular weight excluding hydrogens is 242 g/mol. The second-order valence-electron chi connectivity index (χ2n) is 3.76. The first-order valence-corrected chi connectivity index (χ1v) is 6.81. The molecule has 0 radical (unpaired) electrons. The minimum absolute atomic E-state index is 0.244. The Kier molecular flexibility index (Phi) is 11.9. The second-order valence-corrected chi connectivity index (χ2v) is 3.76. The summed E-state index contributed by atoms with van der Waals surface area (Å²) in [5, 5.41) is 2.24. The standard InChI is InChI=1S/C10H15N3O2.2C2H6/c1-6(2)5-12-9(11)7-3-4-8(14)13-10(7)15;2*1-2/h5,7H,3-4H2,1-2H3,(H2,11,12)(H,13,14,15);2*1-2H3. The molecule has 1 aliphatic heterocycles. The van der Waals surface area contributed by atoms with Crippen molar-refractivity contribution in [2.24, 2.45) is 16.6 Å². The van der Waals surface area contributed by atoms with Crippen molar-refractivity contribution in [1.82, 2.24) is 5.32 Å². The predicted octanol–water partition coefficient (Wildman–Crippen LogP) is 2.37. The van der Waals surface area contributed by atoms with Gasteiger partial charge < -0.3 is 5.73 Å². The average molecular weight is 269 g/mol. The van der Waals surface area contributed by atoms with Crippen molar-refractivity contribution >= 4 is 17.6 Å². The Bertz CT molecular complexity index is 343. The molecule has 1 unspecified atom stereocenters. The number of nitrogens with one attached hydrogen (secondary N) is 1. The first-order valence-electron chi connectivity index (χ1n) is 6.81. The number of nitrogens with zero attached hydrogens (tertiary/aromatic N) is 1. The number of amidine groups is 1. The zero-order chi connectivity index (χ0) is 15.4. The van der Waals surface area contributed by atoms with Crippen molar-refractivity contribution in [3.8, 4) is 0 Å². The van der Waals surface area contributed by atoms with Gasteiger partial charge in [-0.05, 0) is 20.3 Å². The van der Waals surface area contributed by atoms with Gasteiger partial charge in [0, 0.05) is 12.6 Å². The van der Waals surface area contributed by atoms with E-state index in [2.05, 4.69) is 10.3 Å². The number of allylic oxidation sites excluding steroid dienone is 1. The number of aliphatic imine (C=N–C) groups is 1. The van der Waals surface area contributed by atoms with E-state index in [1.807, 2.05) is 41.5 Å². The molecule has 5 heteroatoms. The van der Waals surface area contributed by atoms with Crippen LogP contribution in [-0.2, 0) is 9.59 Å². The van der Waals surface area contributed by atoms with E-state index in [0.29, 0.717) is 12.8 Å². The van der Waals surface area contributed by atoms with Crippen molar-refractivity contribution in [1.29, 1.82) is 0 Å². The van der Waals surface area contributed by atoms with Crippen molar-refractivity contribution < 1.29 is 9.59 Å². The quantitative estimate of drug-likeness (QED) is 0.458. The maximum atomic E-state index is 11.4. The Hall–Kier alpha value is -1.65. The molecular formula is C14H27N3O2. The Morgan fingerprint density at radius 1 is 1.26 bits per heavy atom. The third-order valence-electron chi connectivity index (χ3n) is 2.07. The largest absolute Gasteiger partial charge is 0.387 e. The third-order valence-corrected chi connectivity index (χ3v) is 2.07. The molecule has 1 saturated heterocycles. The van der Waals surface area contributed by atoms with E-state index < -0.39 is 5.92 Å². The molecule has 1 aliphatic rings. The summed E-state index contributed by atoms with van der Waals surface area (Å²) in [6.45, 7) is 11.8. The lowest BCUT2D eigenvalue weighted by molar-refractivity contribution is -0.134. The first-order chi connectivity index (χ1) is 9.00. The fourth-order valence-corrected chi connectivity index (χ4v) is 1.27. The van der Waals surface area contributed by atoms with Crippen LogP contribution in [0.4, 0.5) is 0 Å². The molecule has 0 aromatic heterocycles. The van der Waals surface area contributed by atoms with Gasteiger partial charge >= 0.3 is 0 Å². The Labute approximate surface area is 116 Å². The number of nitrogens with two attached hydrogens (primary N) is 1. The highest BCUT2D eigenvalue weighted by Crippen LogP contribution is 2.12. The molecule has 3 N–H and O–H groups in total. The molecule has 0 spiro atoms. The summed E-state index contributed by atoms with van der Waals surface area (Å²) in [4.78, 5) is 26.2. The number of carbonyl (C=O) groups is 2. The topological polar surface area (TPSA) is 84.5 Å². The Morgan fingerprint density at radius 3 is 2.21 bits per heavy atom. The molecule has 1 rings (SSSR count). The van der Waals surface area contributed by atoms with Crippen LogP contribution in [-0.4, -0.2) is 17.6 Å². The maximum absolute atomic E-state index is 11.4. The van der Waals surface area contributed by atoms with Crippen molar-refractivity contribution in [3.63, 3.8) is 0 Å². The van der Waals surface area contributed by atoms with Crippen LogP contribution >= 0.6 is 0 Å². The Balaban J connectivity index is 0. The van der Waals surface area contributed by atoms with Crippen LogP contribution in [0.15, 0.2) is 16.8 Å². The van der Waals surface area contributed by atoms with E-state index in [0.717, 1.165) is 5.57 Å². The number of piperidine rings is 1. The van der Waals surface area contributed by atoms with E-state index in [1.165, 1.54) is 0 Å². The zero-order valence-corrected chi connectivity index (χ0v) is 12.9. The van der Waals surface area contributed by atoms with Gasteiger partial charge in [0.1, 0.15) is 5.84 Å². The number of hydrogen-bond acceptors (Lipinski definition) is 3. The summed E-state index contributed by atoms with van der Waals surface area (Å²) in [6.07, 6.45) is 2.37. The number of amides is 2. The highest BCUT2D eigenvalue weighted by atomic mass is 16.2. The van der Waals surface area contributed by atoms with E-state index in [9.17, 15) is 9.59 Å². The molecule has 0 saturated carbocycles. The van der Waals surface area contributed by atoms with Gasteiger partial charge in [-0.15, -0.1) is 0 Å². The van der Waals surface area contributed by atoms with Crippen LogP contribution in [0.25, 0.3) is 0 Å². The minimum atomic E-state index is -0.474. The average Bonchev–Trinajstić information content (AvgIpc) is 2.40. The summed E-state index contributed by atoms with van der Waals surface area (Å²) in [5.41, 5.74) is 6.67. The van der Waals surface area contributed by atoms with Gasteiger partial charge in [-0.1, -0.05) is 33.3 Å². The molecule has 1 fully saturated rings. The lowest BCUT2D eigenvalue weighted by Gasteiger charge is -2.19. The lowest BCUT2D eigenvalue weighted by Crippen LogP contribution is -2.46. The van der Waals surface area contributed by atoms with Crippen LogP contribution < -0.4 is 11.1 Å². The molecule has 110 valence electrons. The van der Waals surface area contributed by atoms with E-state index in [4.69, 9.17) is 5.73 Å². The Morgan fingerprint density at radius 2 is 1.79 bits per heavy atom. The fourth-order valence-electron chi connectivity index (χ4n) is 1.27. The second kappa shape index (κ2) is 11.4. The minimum Gasteiger partial charge on any atom is -0.387 e. The van der Waals surface area contributed by atoms with Crippen LogP contribution in [0.1, 0.15) is 54.4 Å². The van der Waals surface area contributed by atoms with Gasteiger partial charge in [0.2, 0.25) is 11.8 Å². The van der Waals surface area contributed by atoms with Crippen LogP contribution in [0.3, 0.4) is 0 Å². The summed E-state index contributed by atoms with van der Waals surface area (Å²) in [7, 11) is 0.